The first-order valence-electron chi connectivity index (χ1n) is 10.1. The van der Waals surface area contributed by atoms with Crippen molar-refractivity contribution in [2.75, 3.05) is 12.8 Å². The van der Waals surface area contributed by atoms with E-state index in [-0.39, 0.29) is 30.5 Å². The predicted molar refractivity (Wildman–Crippen MR) is 128 cm³/mol. The Hall–Kier alpha value is -3.49. The van der Waals surface area contributed by atoms with Crippen LogP contribution in [-0.2, 0) is 6.54 Å². The molecular formula is C24H17ClN4O3S. The highest BCUT2D eigenvalue weighted by molar-refractivity contribution is 7.98. The van der Waals surface area contributed by atoms with Gasteiger partial charge >= 0.3 is 0 Å². The molecule has 0 spiro atoms. The van der Waals surface area contributed by atoms with Gasteiger partial charge in [-0.2, -0.15) is 0 Å². The molecule has 0 bridgehead atoms. The van der Waals surface area contributed by atoms with Crippen LogP contribution in [-0.4, -0.2) is 44.0 Å². The Labute approximate surface area is 198 Å². The van der Waals surface area contributed by atoms with Crippen molar-refractivity contribution in [3.8, 4) is 11.1 Å². The third-order valence-electron chi connectivity index (χ3n) is 5.58. The zero-order valence-corrected chi connectivity index (χ0v) is 19.1. The smallest absolute Gasteiger partial charge is 0.261 e. The number of imide groups is 1. The minimum absolute atomic E-state index is 0.0337. The molecule has 0 saturated carbocycles. The number of hydrogen-bond donors (Lipinski definition) is 0. The topological polar surface area (TPSA) is 85.2 Å². The van der Waals surface area contributed by atoms with E-state index in [1.54, 1.807) is 60.8 Å². The van der Waals surface area contributed by atoms with Gasteiger partial charge in [0.05, 0.1) is 11.1 Å². The monoisotopic (exact) mass is 476 g/mol. The van der Waals surface area contributed by atoms with Crippen molar-refractivity contribution >= 4 is 46.2 Å². The first-order chi connectivity index (χ1) is 16.0. The summed E-state index contributed by atoms with van der Waals surface area (Å²) in [7, 11) is 0. The van der Waals surface area contributed by atoms with Gasteiger partial charge in [0.1, 0.15) is 5.65 Å². The molecule has 5 rings (SSSR count). The van der Waals surface area contributed by atoms with Crippen LogP contribution >= 0.6 is 23.4 Å². The van der Waals surface area contributed by atoms with Crippen molar-refractivity contribution in [1.82, 2.24) is 19.4 Å². The molecule has 1 aliphatic rings. The average molecular weight is 477 g/mol. The molecule has 7 nitrogen and oxygen atoms in total. The lowest BCUT2D eigenvalue weighted by molar-refractivity contribution is 0.0649. The molecule has 2 aromatic carbocycles. The summed E-state index contributed by atoms with van der Waals surface area (Å²) in [6.45, 7) is 0.121. The molecule has 0 saturated heterocycles. The van der Waals surface area contributed by atoms with Gasteiger partial charge < -0.3 is 0 Å². The van der Waals surface area contributed by atoms with Gasteiger partial charge in [-0.3, -0.25) is 23.9 Å². The summed E-state index contributed by atoms with van der Waals surface area (Å²) in [5.74, 6) is -0.732. The van der Waals surface area contributed by atoms with E-state index in [0.717, 1.165) is 0 Å². The maximum Gasteiger partial charge on any atom is 0.261 e. The van der Waals surface area contributed by atoms with E-state index in [0.29, 0.717) is 43.5 Å². The Kier molecular flexibility index (Phi) is 5.47. The number of rotatable bonds is 5. The summed E-state index contributed by atoms with van der Waals surface area (Å²) in [6, 6.07) is 15.5. The second-order valence-electron chi connectivity index (χ2n) is 7.44. The fourth-order valence-corrected chi connectivity index (χ4v) is 4.54. The molecule has 0 radical (unpaired) electrons. The third-order valence-corrected chi connectivity index (χ3v) is 6.47. The van der Waals surface area contributed by atoms with Crippen LogP contribution in [0.25, 0.3) is 22.2 Å². The molecule has 3 heterocycles. The van der Waals surface area contributed by atoms with Crippen LogP contribution in [0.5, 0.6) is 0 Å². The number of amides is 2. The van der Waals surface area contributed by atoms with E-state index in [4.69, 9.17) is 11.6 Å². The van der Waals surface area contributed by atoms with E-state index >= 15 is 0 Å². The number of aromatic nitrogens is 3. The average Bonchev–Trinajstić information content (AvgIpc) is 3.08. The summed E-state index contributed by atoms with van der Waals surface area (Å²) in [6.07, 6.45) is 3.51. The Morgan fingerprint density at radius 1 is 0.879 bits per heavy atom. The maximum atomic E-state index is 13.6. The number of carbonyl (C=O) groups is 2. The number of nitrogens with zero attached hydrogens (tertiary/aromatic N) is 4. The van der Waals surface area contributed by atoms with Crippen molar-refractivity contribution < 1.29 is 9.59 Å². The minimum atomic E-state index is -0.366. The summed E-state index contributed by atoms with van der Waals surface area (Å²) >= 11 is 7.73. The van der Waals surface area contributed by atoms with Gasteiger partial charge in [-0.05, 0) is 30.5 Å². The first kappa shape index (κ1) is 21.4. The molecule has 2 amide bonds. The fourth-order valence-electron chi connectivity index (χ4n) is 3.96. The Bertz CT molecular complexity index is 1470. The Morgan fingerprint density at radius 2 is 1.52 bits per heavy atom. The Balaban J connectivity index is 1.60. The van der Waals surface area contributed by atoms with E-state index in [1.807, 2.05) is 6.26 Å². The van der Waals surface area contributed by atoms with Crippen LogP contribution in [0.1, 0.15) is 20.7 Å². The molecule has 9 heteroatoms. The number of carbonyl (C=O) groups excluding carboxylic acids is 2. The zero-order valence-electron chi connectivity index (χ0n) is 17.5. The normalized spacial score (nSPS) is 13.1. The van der Waals surface area contributed by atoms with Crippen molar-refractivity contribution in [2.24, 2.45) is 0 Å². The molecule has 0 N–H and O–H groups in total. The highest BCUT2D eigenvalue weighted by Crippen LogP contribution is 2.28. The van der Waals surface area contributed by atoms with Gasteiger partial charge in [0.25, 0.3) is 17.4 Å². The molecular weight excluding hydrogens is 460 g/mol. The highest BCUT2D eigenvalue weighted by atomic mass is 35.5. The van der Waals surface area contributed by atoms with Crippen LogP contribution in [0.3, 0.4) is 0 Å². The second kappa shape index (κ2) is 8.46. The SMILES string of the molecule is CSc1ncc2cc(-c3ccccc3Cl)c(=O)n(CCN3C(=O)c4ccccc4C3=O)c2n1. The molecule has 0 atom stereocenters. The third kappa shape index (κ3) is 3.61. The number of hydrogen-bond acceptors (Lipinski definition) is 6. The Morgan fingerprint density at radius 3 is 2.15 bits per heavy atom. The lowest BCUT2D eigenvalue weighted by Gasteiger charge is -2.17. The molecule has 1 aliphatic heterocycles. The molecule has 0 aliphatic carbocycles. The zero-order chi connectivity index (χ0) is 23.1. The van der Waals surface area contributed by atoms with Crippen molar-refractivity contribution in [2.45, 2.75) is 11.7 Å². The van der Waals surface area contributed by atoms with E-state index in [2.05, 4.69) is 9.97 Å². The van der Waals surface area contributed by atoms with Gasteiger partial charge in [0, 0.05) is 40.8 Å². The van der Waals surface area contributed by atoms with Crippen LogP contribution < -0.4 is 5.56 Å². The van der Waals surface area contributed by atoms with E-state index in [1.165, 1.54) is 21.2 Å². The summed E-state index contributed by atoms with van der Waals surface area (Å²) in [4.78, 5) is 49.2. The van der Waals surface area contributed by atoms with E-state index in [9.17, 15) is 14.4 Å². The molecule has 2 aromatic heterocycles. The number of halogens is 1. The molecule has 4 aromatic rings. The molecule has 164 valence electrons. The summed E-state index contributed by atoms with van der Waals surface area (Å²) in [5, 5.41) is 1.62. The summed E-state index contributed by atoms with van der Waals surface area (Å²) in [5.41, 5.74) is 1.86. The van der Waals surface area contributed by atoms with Crippen LogP contribution in [0.15, 0.2) is 70.7 Å². The van der Waals surface area contributed by atoms with Gasteiger partial charge in [0.15, 0.2) is 5.16 Å². The van der Waals surface area contributed by atoms with Crippen LogP contribution in [0.2, 0.25) is 5.02 Å². The van der Waals surface area contributed by atoms with Crippen molar-refractivity contribution in [3.63, 3.8) is 0 Å². The predicted octanol–water partition coefficient (Wildman–Crippen LogP) is 4.13. The largest absolute Gasteiger partial charge is 0.290 e. The highest BCUT2D eigenvalue weighted by Gasteiger charge is 2.34. The van der Waals surface area contributed by atoms with Gasteiger partial charge in [-0.25, -0.2) is 9.97 Å². The first-order valence-corrected chi connectivity index (χ1v) is 11.7. The van der Waals surface area contributed by atoms with Gasteiger partial charge in [0.2, 0.25) is 0 Å². The van der Waals surface area contributed by atoms with E-state index < -0.39 is 0 Å². The number of fused-ring (bicyclic) bond motifs is 2. The lowest BCUT2D eigenvalue weighted by Crippen LogP contribution is -2.35. The van der Waals surface area contributed by atoms with Gasteiger partial charge in [-0.15, -0.1) is 0 Å². The summed E-state index contributed by atoms with van der Waals surface area (Å²) < 4.78 is 1.49. The molecule has 33 heavy (non-hydrogen) atoms. The quantitative estimate of drug-likeness (QED) is 0.244. The standard InChI is InChI=1S/C24H17ClN4O3S/c1-33-24-26-13-14-12-18(15-6-4-5-9-19(15)25)23(32)28(20(14)27-24)10-11-29-21(30)16-7-2-3-8-17(16)22(29)31/h2-9,12-13H,10-11H2,1H3. The fraction of sp³-hybridized carbons (Fsp3) is 0.125. The number of benzene rings is 2. The van der Waals surface area contributed by atoms with Crippen molar-refractivity contribution in [3.05, 3.63) is 87.3 Å². The molecule has 0 fully saturated rings. The number of thioether (sulfide) groups is 1. The number of pyridine rings is 1. The van der Waals surface area contributed by atoms with Crippen LogP contribution in [0.4, 0.5) is 0 Å². The molecule has 0 unspecified atom stereocenters. The second-order valence-corrected chi connectivity index (χ2v) is 8.62. The maximum absolute atomic E-state index is 13.6. The van der Waals surface area contributed by atoms with Gasteiger partial charge in [-0.1, -0.05) is 53.7 Å². The van der Waals surface area contributed by atoms with Crippen LogP contribution in [0, 0.1) is 0 Å². The lowest BCUT2D eigenvalue weighted by atomic mass is 10.1. The minimum Gasteiger partial charge on any atom is -0.290 e. The van der Waals surface area contributed by atoms with Crippen molar-refractivity contribution in [1.29, 1.82) is 0 Å².